The number of nitrogens with one attached hydrogen (secondary N) is 1. The molecule has 1 aliphatic heterocycles. The van der Waals surface area contributed by atoms with Gasteiger partial charge in [-0.25, -0.2) is 0 Å². The largest absolute Gasteiger partial charge is 0.493 e. The summed E-state index contributed by atoms with van der Waals surface area (Å²) in [6.07, 6.45) is 3.44. The molecule has 0 amide bonds. The van der Waals surface area contributed by atoms with Crippen LogP contribution in [0.15, 0.2) is 6.07 Å². The topological polar surface area (TPSA) is 24.5 Å². The molecule has 22 heavy (non-hydrogen) atoms. The highest BCUT2D eigenvalue weighted by Crippen LogP contribution is 2.33. The molecule has 0 unspecified atom stereocenters. The van der Waals surface area contributed by atoms with E-state index in [1.165, 1.54) is 24.1 Å². The second kappa shape index (κ2) is 8.76. The molecule has 1 heterocycles. The Bertz CT molecular complexity index is 482. The van der Waals surface area contributed by atoms with Crippen LogP contribution in [0.4, 0.5) is 0 Å². The first-order chi connectivity index (χ1) is 10.6. The SMILES string of the molecule is CCOc1c(C)cc(Cl)c(C)c1CCCN1CCCNCC1. The number of hydrogen-bond acceptors (Lipinski definition) is 3. The average Bonchev–Trinajstić information content (AvgIpc) is 2.76. The van der Waals surface area contributed by atoms with Gasteiger partial charge in [0.1, 0.15) is 5.75 Å². The molecular formula is C18H29ClN2O. The van der Waals surface area contributed by atoms with Crippen molar-refractivity contribution < 1.29 is 4.74 Å². The molecular weight excluding hydrogens is 296 g/mol. The molecule has 1 N–H and O–H groups in total. The van der Waals surface area contributed by atoms with Gasteiger partial charge in [0, 0.05) is 18.1 Å². The fourth-order valence-corrected chi connectivity index (χ4v) is 3.45. The first-order valence-corrected chi connectivity index (χ1v) is 8.85. The summed E-state index contributed by atoms with van der Waals surface area (Å²) in [5.74, 6) is 1.04. The molecule has 4 heteroatoms. The standard InChI is InChI=1S/C18H29ClN2O/c1-4-22-18-14(2)13-17(19)15(3)16(18)7-5-10-21-11-6-8-20-9-12-21/h13,20H,4-12H2,1-3H3. The smallest absolute Gasteiger partial charge is 0.125 e. The number of benzene rings is 1. The van der Waals surface area contributed by atoms with Gasteiger partial charge in [-0.3, -0.25) is 0 Å². The van der Waals surface area contributed by atoms with Crippen molar-refractivity contribution in [3.8, 4) is 5.75 Å². The van der Waals surface area contributed by atoms with Gasteiger partial charge in [0.25, 0.3) is 0 Å². The fraction of sp³-hybridized carbons (Fsp3) is 0.667. The third-order valence-corrected chi connectivity index (χ3v) is 4.80. The number of hydrogen-bond donors (Lipinski definition) is 1. The molecule has 0 atom stereocenters. The molecule has 0 aliphatic carbocycles. The third kappa shape index (κ3) is 4.61. The zero-order valence-corrected chi connectivity index (χ0v) is 14.9. The Balaban J connectivity index is 2.01. The summed E-state index contributed by atoms with van der Waals surface area (Å²) in [6, 6.07) is 2.02. The van der Waals surface area contributed by atoms with Crippen molar-refractivity contribution in [1.29, 1.82) is 0 Å². The van der Waals surface area contributed by atoms with E-state index in [-0.39, 0.29) is 0 Å². The molecule has 0 bridgehead atoms. The summed E-state index contributed by atoms with van der Waals surface area (Å²) in [4.78, 5) is 2.56. The van der Waals surface area contributed by atoms with E-state index in [4.69, 9.17) is 16.3 Å². The van der Waals surface area contributed by atoms with Gasteiger partial charge < -0.3 is 15.0 Å². The van der Waals surface area contributed by atoms with E-state index < -0.39 is 0 Å². The van der Waals surface area contributed by atoms with Gasteiger partial charge in [0.05, 0.1) is 6.61 Å². The summed E-state index contributed by atoms with van der Waals surface area (Å²) in [6.45, 7) is 12.7. The molecule has 1 fully saturated rings. The van der Waals surface area contributed by atoms with Crippen LogP contribution in [0.25, 0.3) is 0 Å². The van der Waals surface area contributed by atoms with E-state index in [1.54, 1.807) is 0 Å². The van der Waals surface area contributed by atoms with Gasteiger partial charge in [0.15, 0.2) is 0 Å². The normalized spacial score (nSPS) is 16.5. The van der Waals surface area contributed by atoms with Crippen LogP contribution < -0.4 is 10.1 Å². The summed E-state index contributed by atoms with van der Waals surface area (Å²) < 4.78 is 5.88. The lowest BCUT2D eigenvalue weighted by Crippen LogP contribution is -2.29. The van der Waals surface area contributed by atoms with Crippen LogP contribution in [-0.2, 0) is 6.42 Å². The number of aryl methyl sites for hydroxylation is 1. The quantitative estimate of drug-likeness (QED) is 0.865. The first kappa shape index (κ1) is 17.6. The lowest BCUT2D eigenvalue weighted by Gasteiger charge is -2.21. The van der Waals surface area contributed by atoms with Crippen molar-refractivity contribution in [2.45, 2.75) is 40.0 Å². The summed E-state index contributed by atoms with van der Waals surface area (Å²) in [5, 5.41) is 4.31. The van der Waals surface area contributed by atoms with E-state index in [2.05, 4.69) is 24.1 Å². The van der Waals surface area contributed by atoms with Crippen LogP contribution in [-0.4, -0.2) is 44.2 Å². The van der Waals surface area contributed by atoms with Crippen molar-refractivity contribution in [2.75, 3.05) is 39.3 Å². The predicted octanol–water partition coefficient (Wildman–Crippen LogP) is 3.58. The zero-order chi connectivity index (χ0) is 15.9. The molecule has 1 aromatic rings. The van der Waals surface area contributed by atoms with Crippen molar-refractivity contribution in [2.24, 2.45) is 0 Å². The van der Waals surface area contributed by atoms with E-state index in [0.29, 0.717) is 6.61 Å². The Morgan fingerprint density at radius 3 is 2.86 bits per heavy atom. The molecule has 124 valence electrons. The van der Waals surface area contributed by atoms with Gasteiger partial charge in [-0.15, -0.1) is 0 Å². The van der Waals surface area contributed by atoms with Crippen molar-refractivity contribution >= 4 is 11.6 Å². The number of ether oxygens (including phenoxy) is 1. The molecule has 3 nitrogen and oxygen atoms in total. The third-order valence-electron chi connectivity index (χ3n) is 4.41. The van der Waals surface area contributed by atoms with E-state index in [9.17, 15) is 0 Å². The van der Waals surface area contributed by atoms with E-state index >= 15 is 0 Å². The van der Waals surface area contributed by atoms with Crippen LogP contribution in [0, 0.1) is 13.8 Å². The Morgan fingerprint density at radius 1 is 1.27 bits per heavy atom. The molecule has 0 spiro atoms. The Kier molecular flexibility index (Phi) is 7.00. The molecule has 2 rings (SSSR count). The minimum Gasteiger partial charge on any atom is -0.493 e. The van der Waals surface area contributed by atoms with Crippen LogP contribution in [0.2, 0.25) is 5.02 Å². The Hall–Kier alpha value is -0.770. The van der Waals surface area contributed by atoms with Crippen molar-refractivity contribution in [1.82, 2.24) is 10.2 Å². The molecule has 0 aromatic heterocycles. The maximum absolute atomic E-state index is 6.37. The van der Waals surface area contributed by atoms with Crippen LogP contribution in [0.3, 0.4) is 0 Å². The lowest BCUT2D eigenvalue weighted by molar-refractivity contribution is 0.287. The second-order valence-electron chi connectivity index (χ2n) is 6.09. The molecule has 1 aliphatic rings. The van der Waals surface area contributed by atoms with E-state index in [1.807, 2.05) is 13.0 Å². The summed E-state index contributed by atoms with van der Waals surface area (Å²) in [7, 11) is 0. The van der Waals surface area contributed by atoms with E-state index in [0.717, 1.165) is 55.4 Å². The maximum Gasteiger partial charge on any atom is 0.125 e. The predicted molar refractivity (Wildman–Crippen MR) is 94.3 cm³/mol. The maximum atomic E-state index is 6.37. The lowest BCUT2D eigenvalue weighted by atomic mass is 9.99. The highest BCUT2D eigenvalue weighted by Gasteiger charge is 2.14. The van der Waals surface area contributed by atoms with Gasteiger partial charge in [0.2, 0.25) is 0 Å². The minimum atomic E-state index is 0.701. The molecule has 1 saturated heterocycles. The summed E-state index contributed by atoms with van der Waals surface area (Å²) >= 11 is 6.37. The van der Waals surface area contributed by atoms with Gasteiger partial charge >= 0.3 is 0 Å². The van der Waals surface area contributed by atoms with Gasteiger partial charge in [-0.1, -0.05) is 11.6 Å². The fourth-order valence-electron chi connectivity index (χ4n) is 3.17. The first-order valence-electron chi connectivity index (χ1n) is 8.48. The van der Waals surface area contributed by atoms with Gasteiger partial charge in [-0.05, 0) is 82.4 Å². The minimum absolute atomic E-state index is 0.701. The van der Waals surface area contributed by atoms with Gasteiger partial charge in [-0.2, -0.15) is 0 Å². The highest BCUT2D eigenvalue weighted by atomic mass is 35.5. The van der Waals surface area contributed by atoms with Crippen LogP contribution in [0.1, 0.15) is 36.5 Å². The van der Waals surface area contributed by atoms with Crippen molar-refractivity contribution in [3.05, 3.63) is 27.8 Å². The summed E-state index contributed by atoms with van der Waals surface area (Å²) in [5.41, 5.74) is 3.61. The molecule has 1 aromatic carbocycles. The monoisotopic (exact) mass is 324 g/mol. The number of rotatable bonds is 6. The number of halogens is 1. The molecule has 0 radical (unpaired) electrons. The van der Waals surface area contributed by atoms with Crippen molar-refractivity contribution in [3.63, 3.8) is 0 Å². The second-order valence-corrected chi connectivity index (χ2v) is 6.50. The Morgan fingerprint density at radius 2 is 2.09 bits per heavy atom. The van der Waals surface area contributed by atoms with Crippen LogP contribution in [0.5, 0.6) is 5.75 Å². The molecule has 0 saturated carbocycles. The Labute approximate surface area is 140 Å². The average molecular weight is 325 g/mol. The highest BCUT2D eigenvalue weighted by molar-refractivity contribution is 6.31. The zero-order valence-electron chi connectivity index (χ0n) is 14.2. The van der Waals surface area contributed by atoms with Crippen LogP contribution >= 0.6 is 11.6 Å². The number of nitrogens with zero attached hydrogens (tertiary/aromatic N) is 1.